The molecule has 0 spiro atoms. The van der Waals surface area contributed by atoms with Crippen molar-refractivity contribution in [2.45, 2.75) is 13.8 Å². The number of non-ortho nitro benzene ring substituents is 1. The van der Waals surface area contributed by atoms with Crippen molar-refractivity contribution in [2.24, 2.45) is 0 Å². The van der Waals surface area contributed by atoms with Gasteiger partial charge < -0.3 is 5.32 Å². The lowest BCUT2D eigenvalue weighted by Gasteiger charge is -2.12. The van der Waals surface area contributed by atoms with E-state index in [2.05, 4.69) is 10.0 Å². The van der Waals surface area contributed by atoms with Crippen LogP contribution >= 0.6 is 0 Å². The van der Waals surface area contributed by atoms with Gasteiger partial charge in [0.2, 0.25) is 10.0 Å². The van der Waals surface area contributed by atoms with Crippen molar-refractivity contribution >= 4 is 33.0 Å². The first kappa shape index (κ1) is 18.4. The number of aryl methyl sites for hydroxylation is 2. The second kappa shape index (κ2) is 6.89. The summed E-state index contributed by atoms with van der Waals surface area (Å²) >= 11 is 0. The van der Waals surface area contributed by atoms with Gasteiger partial charge in [0, 0.05) is 23.4 Å². The Morgan fingerprint density at radius 2 is 1.76 bits per heavy atom. The first-order chi connectivity index (χ1) is 11.6. The van der Waals surface area contributed by atoms with E-state index in [0.29, 0.717) is 28.1 Å². The van der Waals surface area contributed by atoms with Gasteiger partial charge in [-0.3, -0.25) is 19.6 Å². The van der Waals surface area contributed by atoms with Gasteiger partial charge in [0.05, 0.1) is 16.9 Å². The van der Waals surface area contributed by atoms with Crippen molar-refractivity contribution < 1.29 is 18.1 Å². The standard InChI is InChI=1S/C16H17N3O5S/c1-10-4-5-12(9-15(10)18-25(3,23)24)17-16(20)14-7-6-13(19(21)22)8-11(14)2/h4-9,18H,1-3H3,(H,17,20). The van der Waals surface area contributed by atoms with Gasteiger partial charge >= 0.3 is 0 Å². The lowest BCUT2D eigenvalue weighted by molar-refractivity contribution is -0.384. The van der Waals surface area contributed by atoms with E-state index in [4.69, 9.17) is 0 Å². The molecule has 0 saturated heterocycles. The highest BCUT2D eigenvalue weighted by Gasteiger charge is 2.14. The van der Waals surface area contributed by atoms with Crippen LogP contribution in [0.1, 0.15) is 21.5 Å². The molecule has 2 N–H and O–H groups in total. The summed E-state index contributed by atoms with van der Waals surface area (Å²) in [5, 5.41) is 13.4. The van der Waals surface area contributed by atoms with Gasteiger partial charge in [-0.25, -0.2) is 8.42 Å². The number of nitrogens with zero attached hydrogens (tertiary/aromatic N) is 1. The Bertz CT molecular complexity index is 954. The molecule has 0 aromatic heterocycles. The smallest absolute Gasteiger partial charge is 0.269 e. The largest absolute Gasteiger partial charge is 0.322 e. The summed E-state index contributed by atoms with van der Waals surface area (Å²) in [5.74, 6) is -0.443. The molecule has 0 heterocycles. The van der Waals surface area contributed by atoms with Crippen molar-refractivity contribution in [1.29, 1.82) is 0 Å². The van der Waals surface area contributed by atoms with E-state index in [9.17, 15) is 23.3 Å². The molecule has 0 saturated carbocycles. The summed E-state index contributed by atoms with van der Waals surface area (Å²) in [6.45, 7) is 3.34. The van der Waals surface area contributed by atoms with Crippen LogP contribution in [0, 0.1) is 24.0 Å². The molecule has 0 radical (unpaired) electrons. The highest BCUT2D eigenvalue weighted by atomic mass is 32.2. The molecule has 0 fully saturated rings. The van der Waals surface area contributed by atoms with Crippen molar-refractivity contribution in [1.82, 2.24) is 0 Å². The van der Waals surface area contributed by atoms with Crippen molar-refractivity contribution in [2.75, 3.05) is 16.3 Å². The number of carbonyl (C=O) groups is 1. The fourth-order valence-electron chi connectivity index (χ4n) is 2.22. The Labute approximate surface area is 145 Å². The van der Waals surface area contributed by atoms with Crippen LogP contribution in [0.25, 0.3) is 0 Å². The van der Waals surface area contributed by atoms with Gasteiger partial charge in [-0.2, -0.15) is 0 Å². The SMILES string of the molecule is Cc1ccc(NC(=O)c2ccc([N+](=O)[O-])cc2C)cc1NS(C)(=O)=O. The molecular formula is C16H17N3O5S. The fraction of sp³-hybridized carbons (Fsp3) is 0.188. The van der Waals surface area contributed by atoms with Gasteiger partial charge in [-0.15, -0.1) is 0 Å². The van der Waals surface area contributed by atoms with E-state index in [0.717, 1.165) is 6.26 Å². The zero-order chi connectivity index (χ0) is 18.8. The Morgan fingerprint density at radius 1 is 1.08 bits per heavy atom. The number of nitro benzene ring substituents is 1. The van der Waals surface area contributed by atoms with E-state index in [-0.39, 0.29) is 5.69 Å². The Morgan fingerprint density at radius 3 is 2.32 bits per heavy atom. The molecular weight excluding hydrogens is 346 g/mol. The number of anilines is 2. The van der Waals surface area contributed by atoms with Gasteiger partial charge in [0.15, 0.2) is 0 Å². The zero-order valence-corrected chi connectivity index (χ0v) is 14.7. The Balaban J connectivity index is 2.26. The summed E-state index contributed by atoms with van der Waals surface area (Å²) in [6, 6.07) is 8.78. The minimum absolute atomic E-state index is 0.0935. The molecule has 2 aromatic carbocycles. The highest BCUT2D eigenvalue weighted by molar-refractivity contribution is 7.92. The maximum Gasteiger partial charge on any atom is 0.269 e. The first-order valence-electron chi connectivity index (χ1n) is 7.21. The molecule has 2 aromatic rings. The van der Waals surface area contributed by atoms with Gasteiger partial charge in [-0.05, 0) is 43.2 Å². The molecule has 2 rings (SSSR count). The third-order valence-corrected chi connectivity index (χ3v) is 4.05. The first-order valence-corrected chi connectivity index (χ1v) is 9.11. The summed E-state index contributed by atoms with van der Waals surface area (Å²) in [5.41, 5.74) is 2.14. The quantitative estimate of drug-likeness (QED) is 0.625. The summed E-state index contributed by atoms with van der Waals surface area (Å²) in [7, 11) is -3.44. The van der Waals surface area contributed by atoms with E-state index in [1.807, 2.05) is 0 Å². The average Bonchev–Trinajstić information content (AvgIpc) is 2.48. The zero-order valence-electron chi connectivity index (χ0n) is 13.9. The molecule has 132 valence electrons. The number of amides is 1. The number of hydrogen-bond donors (Lipinski definition) is 2. The lowest BCUT2D eigenvalue weighted by Crippen LogP contribution is -2.15. The summed E-state index contributed by atoms with van der Waals surface area (Å²) in [6.07, 6.45) is 1.04. The fourth-order valence-corrected chi connectivity index (χ4v) is 2.84. The van der Waals surface area contributed by atoms with Crippen molar-refractivity contribution in [3.8, 4) is 0 Å². The summed E-state index contributed by atoms with van der Waals surface area (Å²) in [4.78, 5) is 22.6. The minimum Gasteiger partial charge on any atom is -0.322 e. The number of carbonyl (C=O) groups excluding carboxylic acids is 1. The third-order valence-electron chi connectivity index (χ3n) is 3.46. The molecule has 0 bridgehead atoms. The molecule has 0 aliphatic heterocycles. The van der Waals surface area contributed by atoms with E-state index < -0.39 is 20.9 Å². The topological polar surface area (TPSA) is 118 Å². The number of rotatable bonds is 5. The van der Waals surface area contributed by atoms with Gasteiger partial charge in [-0.1, -0.05) is 6.07 Å². The predicted molar refractivity (Wildman–Crippen MR) is 95.4 cm³/mol. The van der Waals surface area contributed by atoms with Gasteiger partial charge in [0.1, 0.15) is 0 Å². The van der Waals surface area contributed by atoms with Crippen LogP contribution in [-0.4, -0.2) is 25.5 Å². The van der Waals surface area contributed by atoms with Crippen LogP contribution in [0.4, 0.5) is 17.1 Å². The van der Waals surface area contributed by atoms with Crippen LogP contribution in [0.3, 0.4) is 0 Å². The second-order valence-electron chi connectivity index (χ2n) is 5.61. The molecule has 0 unspecified atom stereocenters. The molecule has 9 heteroatoms. The maximum atomic E-state index is 12.4. The number of nitro groups is 1. The molecule has 0 atom stereocenters. The highest BCUT2D eigenvalue weighted by Crippen LogP contribution is 2.23. The van der Waals surface area contributed by atoms with Crippen LogP contribution in [0.2, 0.25) is 0 Å². The minimum atomic E-state index is -3.44. The van der Waals surface area contributed by atoms with Crippen LogP contribution in [0.15, 0.2) is 36.4 Å². The molecule has 0 aliphatic rings. The van der Waals surface area contributed by atoms with E-state index >= 15 is 0 Å². The molecule has 1 amide bonds. The van der Waals surface area contributed by atoms with E-state index in [1.165, 1.54) is 24.3 Å². The third kappa shape index (κ3) is 4.77. The monoisotopic (exact) mass is 363 g/mol. The van der Waals surface area contributed by atoms with Crippen LogP contribution < -0.4 is 10.0 Å². The van der Waals surface area contributed by atoms with Gasteiger partial charge in [0.25, 0.3) is 11.6 Å². The predicted octanol–water partition coefficient (Wildman–Crippen LogP) is 2.84. The Hall–Kier alpha value is -2.94. The normalized spacial score (nSPS) is 11.0. The van der Waals surface area contributed by atoms with Crippen LogP contribution in [0.5, 0.6) is 0 Å². The number of nitrogens with one attached hydrogen (secondary N) is 2. The van der Waals surface area contributed by atoms with Crippen molar-refractivity contribution in [3.63, 3.8) is 0 Å². The number of benzene rings is 2. The maximum absolute atomic E-state index is 12.4. The molecule has 8 nitrogen and oxygen atoms in total. The second-order valence-corrected chi connectivity index (χ2v) is 7.36. The number of sulfonamides is 1. The summed E-state index contributed by atoms with van der Waals surface area (Å²) < 4.78 is 25.2. The molecule has 25 heavy (non-hydrogen) atoms. The molecule has 0 aliphatic carbocycles. The lowest BCUT2D eigenvalue weighted by atomic mass is 10.1. The Kier molecular flexibility index (Phi) is 5.07. The van der Waals surface area contributed by atoms with Crippen molar-refractivity contribution in [3.05, 3.63) is 63.2 Å². The number of hydrogen-bond acceptors (Lipinski definition) is 5. The van der Waals surface area contributed by atoms with Crippen LogP contribution in [-0.2, 0) is 10.0 Å². The van der Waals surface area contributed by atoms with E-state index in [1.54, 1.807) is 26.0 Å². The average molecular weight is 363 g/mol.